The molecule has 1 N–H and O–H groups in total. The fraction of sp³-hybridized carbons (Fsp3) is 0.455. The lowest BCUT2D eigenvalue weighted by Gasteiger charge is -2.06. The molecule has 0 saturated heterocycles. The van der Waals surface area contributed by atoms with Crippen molar-refractivity contribution in [1.29, 1.82) is 0 Å². The highest BCUT2D eigenvalue weighted by atomic mass is 16.1. The average molecular weight is 205 g/mol. The lowest BCUT2D eigenvalue weighted by Crippen LogP contribution is -2.28. The maximum atomic E-state index is 11.4. The molecule has 0 spiro atoms. The molecule has 0 aliphatic rings. The first-order valence-electron chi connectivity index (χ1n) is 4.98. The van der Waals surface area contributed by atoms with Gasteiger partial charge in [-0.05, 0) is 6.42 Å². The largest absolute Gasteiger partial charge is 0.344 e. The second-order valence-corrected chi connectivity index (χ2v) is 3.20. The van der Waals surface area contributed by atoms with Crippen molar-refractivity contribution in [2.75, 3.05) is 6.54 Å². The summed E-state index contributed by atoms with van der Waals surface area (Å²) < 4.78 is 1.84. The van der Waals surface area contributed by atoms with Gasteiger partial charge in [-0.25, -0.2) is 4.98 Å². The van der Waals surface area contributed by atoms with Gasteiger partial charge in [0.1, 0.15) is 12.4 Å². The van der Waals surface area contributed by atoms with Crippen LogP contribution in [0, 0.1) is 12.3 Å². The molecule has 0 saturated carbocycles. The Kier molecular flexibility index (Phi) is 4.42. The zero-order valence-corrected chi connectivity index (χ0v) is 8.86. The lowest BCUT2D eigenvalue weighted by molar-refractivity contribution is -0.121. The number of aromatic nitrogens is 2. The monoisotopic (exact) mass is 205 g/mol. The number of carbonyl (C=O) groups is 1. The standard InChI is InChI=1S/C11H15N3O/c1-3-5-10-12-7-8-14(10)9-11(15)13-6-4-2/h2,7-8H,3,5-6,9H2,1H3,(H,13,15). The lowest BCUT2D eigenvalue weighted by atomic mass is 10.3. The minimum Gasteiger partial charge on any atom is -0.344 e. The molecule has 0 atom stereocenters. The van der Waals surface area contributed by atoms with Crippen LogP contribution in [0.1, 0.15) is 19.2 Å². The highest BCUT2D eigenvalue weighted by molar-refractivity contribution is 5.76. The van der Waals surface area contributed by atoms with E-state index in [0.717, 1.165) is 18.7 Å². The van der Waals surface area contributed by atoms with Crippen LogP contribution in [0.2, 0.25) is 0 Å². The van der Waals surface area contributed by atoms with Gasteiger partial charge in [-0.1, -0.05) is 12.8 Å². The van der Waals surface area contributed by atoms with Crippen molar-refractivity contribution in [2.24, 2.45) is 0 Å². The fourth-order valence-corrected chi connectivity index (χ4v) is 1.30. The second kappa shape index (κ2) is 5.86. The smallest absolute Gasteiger partial charge is 0.240 e. The Balaban J connectivity index is 2.52. The summed E-state index contributed by atoms with van der Waals surface area (Å²) in [5.41, 5.74) is 0. The first-order chi connectivity index (χ1) is 7.27. The van der Waals surface area contributed by atoms with Gasteiger partial charge >= 0.3 is 0 Å². The molecule has 1 aromatic heterocycles. The Labute approximate surface area is 89.7 Å². The van der Waals surface area contributed by atoms with Crippen molar-refractivity contribution in [1.82, 2.24) is 14.9 Å². The van der Waals surface area contributed by atoms with E-state index in [2.05, 4.69) is 23.1 Å². The van der Waals surface area contributed by atoms with E-state index in [9.17, 15) is 4.79 Å². The normalized spacial score (nSPS) is 9.60. The number of imidazole rings is 1. The van der Waals surface area contributed by atoms with Crippen LogP contribution in [-0.2, 0) is 17.8 Å². The zero-order chi connectivity index (χ0) is 11.1. The van der Waals surface area contributed by atoms with E-state index >= 15 is 0 Å². The minimum absolute atomic E-state index is 0.0803. The molecule has 1 rings (SSSR count). The van der Waals surface area contributed by atoms with Crippen molar-refractivity contribution in [2.45, 2.75) is 26.3 Å². The molecule has 0 bridgehead atoms. The third kappa shape index (κ3) is 3.47. The third-order valence-corrected chi connectivity index (χ3v) is 1.98. The van der Waals surface area contributed by atoms with Gasteiger partial charge in [0.2, 0.25) is 5.91 Å². The molecule has 4 nitrogen and oxygen atoms in total. The highest BCUT2D eigenvalue weighted by Gasteiger charge is 2.05. The zero-order valence-electron chi connectivity index (χ0n) is 8.86. The Hall–Kier alpha value is -1.76. The number of hydrogen-bond donors (Lipinski definition) is 1. The predicted octanol–water partition coefficient (Wildman–Crippen LogP) is 0.585. The van der Waals surface area contributed by atoms with Crippen LogP contribution >= 0.6 is 0 Å². The minimum atomic E-state index is -0.0803. The summed E-state index contributed by atoms with van der Waals surface area (Å²) in [6, 6.07) is 0. The number of aryl methyl sites for hydroxylation is 1. The summed E-state index contributed by atoms with van der Waals surface area (Å²) >= 11 is 0. The molecule has 4 heteroatoms. The number of nitrogens with zero attached hydrogens (tertiary/aromatic N) is 2. The number of amides is 1. The molecule has 0 radical (unpaired) electrons. The molecule has 0 aromatic carbocycles. The summed E-state index contributed by atoms with van der Waals surface area (Å²) in [4.78, 5) is 15.6. The van der Waals surface area contributed by atoms with Crippen LogP contribution in [0.15, 0.2) is 12.4 Å². The first-order valence-corrected chi connectivity index (χ1v) is 4.98. The summed E-state index contributed by atoms with van der Waals surface area (Å²) in [6.45, 7) is 2.64. The first kappa shape index (κ1) is 11.3. The highest BCUT2D eigenvalue weighted by Crippen LogP contribution is 2.00. The molecule has 1 amide bonds. The van der Waals surface area contributed by atoms with E-state index < -0.39 is 0 Å². The average Bonchev–Trinajstić information content (AvgIpc) is 2.63. The molecule has 0 fully saturated rings. The summed E-state index contributed by atoms with van der Waals surface area (Å²) in [7, 11) is 0. The van der Waals surface area contributed by atoms with E-state index in [4.69, 9.17) is 6.42 Å². The SMILES string of the molecule is C#CCNC(=O)Cn1ccnc1CCC. The van der Waals surface area contributed by atoms with Gasteiger partial charge in [0.05, 0.1) is 6.54 Å². The molecular weight excluding hydrogens is 190 g/mol. The van der Waals surface area contributed by atoms with Crippen molar-refractivity contribution in [3.8, 4) is 12.3 Å². The van der Waals surface area contributed by atoms with E-state index in [1.807, 2.05) is 4.57 Å². The molecule has 0 unspecified atom stereocenters. The molecule has 0 aliphatic heterocycles. The van der Waals surface area contributed by atoms with Crippen LogP contribution in [0.3, 0.4) is 0 Å². The van der Waals surface area contributed by atoms with E-state index in [1.165, 1.54) is 0 Å². The maximum absolute atomic E-state index is 11.4. The number of rotatable bonds is 5. The number of carbonyl (C=O) groups excluding carboxylic acids is 1. The number of nitrogens with one attached hydrogen (secondary N) is 1. The van der Waals surface area contributed by atoms with Crippen LogP contribution in [-0.4, -0.2) is 22.0 Å². The van der Waals surface area contributed by atoms with Crippen LogP contribution < -0.4 is 5.32 Å². The predicted molar refractivity (Wildman–Crippen MR) is 58.1 cm³/mol. The van der Waals surface area contributed by atoms with Gasteiger partial charge in [0.15, 0.2) is 0 Å². The topological polar surface area (TPSA) is 46.9 Å². The van der Waals surface area contributed by atoms with Gasteiger partial charge in [-0.15, -0.1) is 6.42 Å². The van der Waals surface area contributed by atoms with Gasteiger partial charge in [0.25, 0.3) is 0 Å². The van der Waals surface area contributed by atoms with Crippen molar-refractivity contribution in [3.05, 3.63) is 18.2 Å². The fourth-order valence-electron chi connectivity index (χ4n) is 1.30. The third-order valence-electron chi connectivity index (χ3n) is 1.98. The van der Waals surface area contributed by atoms with Gasteiger partial charge in [0, 0.05) is 18.8 Å². The van der Waals surface area contributed by atoms with Crippen molar-refractivity contribution >= 4 is 5.91 Å². The molecule has 0 aliphatic carbocycles. The summed E-state index contributed by atoms with van der Waals surface area (Å²) in [6.07, 6.45) is 10.5. The van der Waals surface area contributed by atoms with Crippen molar-refractivity contribution in [3.63, 3.8) is 0 Å². The maximum Gasteiger partial charge on any atom is 0.240 e. The van der Waals surface area contributed by atoms with Crippen LogP contribution in [0.5, 0.6) is 0 Å². The van der Waals surface area contributed by atoms with Crippen LogP contribution in [0.4, 0.5) is 0 Å². The Morgan fingerprint density at radius 3 is 3.20 bits per heavy atom. The Morgan fingerprint density at radius 2 is 2.53 bits per heavy atom. The van der Waals surface area contributed by atoms with E-state index in [-0.39, 0.29) is 19.0 Å². The second-order valence-electron chi connectivity index (χ2n) is 3.20. The van der Waals surface area contributed by atoms with Crippen molar-refractivity contribution < 1.29 is 4.79 Å². The number of terminal acetylenes is 1. The van der Waals surface area contributed by atoms with Gasteiger partial charge in [-0.3, -0.25) is 4.79 Å². The molecule has 1 aromatic rings. The number of hydrogen-bond acceptors (Lipinski definition) is 2. The molecule has 1 heterocycles. The summed E-state index contributed by atoms with van der Waals surface area (Å²) in [5.74, 6) is 3.22. The summed E-state index contributed by atoms with van der Waals surface area (Å²) in [5, 5.41) is 2.62. The molecular formula is C11H15N3O. The molecule has 80 valence electrons. The van der Waals surface area contributed by atoms with Crippen LogP contribution in [0.25, 0.3) is 0 Å². The van der Waals surface area contributed by atoms with Gasteiger partial charge in [-0.2, -0.15) is 0 Å². The quantitative estimate of drug-likeness (QED) is 0.715. The van der Waals surface area contributed by atoms with Gasteiger partial charge < -0.3 is 9.88 Å². The molecule has 15 heavy (non-hydrogen) atoms. The Bertz CT molecular complexity index is 362. The van der Waals surface area contributed by atoms with E-state index in [1.54, 1.807) is 12.4 Å². The van der Waals surface area contributed by atoms with E-state index in [0.29, 0.717) is 0 Å². The Morgan fingerprint density at radius 1 is 1.73 bits per heavy atom.